The highest BCUT2D eigenvalue weighted by Crippen LogP contribution is 2.21. The van der Waals surface area contributed by atoms with Crippen molar-refractivity contribution in [3.8, 4) is 11.3 Å². The Balaban J connectivity index is 2.30. The van der Waals surface area contributed by atoms with E-state index in [1.165, 1.54) is 19.9 Å². The van der Waals surface area contributed by atoms with Crippen molar-refractivity contribution in [2.24, 2.45) is 5.92 Å². The fourth-order valence-electron chi connectivity index (χ4n) is 3.17. The van der Waals surface area contributed by atoms with Crippen molar-refractivity contribution in [1.29, 1.82) is 0 Å². The minimum absolute atomic E-state index is 0.0129. The van der Waals surface area contributed by atoms with Gasteiger partial charge in [0.2, 0.25) is 11.7 Å². The van der Waals surface area contributed by atoms with Gasteiger partial charge in [-0.25, -0.2) is 0 Å². The summed E-state index contributed by atoms with van der Waals surface area (Å²) in [4.78, 5) is 49.7. The van der Waals surface area contributed by atoms with E-state index in [2.05, 4.69) is 5.32 Å². The number of benzene rings is 1. The molecule has 4 N–H and O–H groups in total. The summed E-state index contributed by atoms with van der Waals surface area (Å²) in [7, 11) is 0. The maximum absolute atomic E-state index is 14.4. The summed E-state index contributed by atoms with van der Waals surface area (Å²) in [6.45, 7) is 4.04. The molecule has 1 aromatic carbocycles. The van der Waals surface area contributed by atoms with Crippen LogP contribution < -0.4 is 21.9 Å². The molecule has 2 amide bonds. The number of ketones is 1. The minimum atomic E-state index is -4.32. The van der Waals surface area contributed by atoms with Gasteiger partial charge < -0.3 is 16.4 Å². The second-order valence-corrected chi connectivity index (χ2v) is 7.91. The van der Waals surface area contributed by atoms with E-state index in [0.29, 0.717) is 17.7 Å². The van der Waals surface area contributed by atoms with Gasteiger partial charge in [0.15, 0.2) is 0 Å². The van der Waals surface area contributed by atoms with Gasteiger partial charge in [-0.3, -0.25) is 23.7 Å². The molecule has 8 nitrogen and oxygen atoms in total. The average molecular weight is 462 g/mol. The first-order valence-electron chi connectivity index (χ1n) is 10.5. The van der Waals surface area contributed by atoms with Crippen LogP contribution in [0.25, 0.3) is 11.3 Å². The molecule has 1 unspecified atom stereocenters. The van der Waals surface area contributed by atoms with E-state index in [-0.39, 0.29) is 12.2 Å². The molecule has 10 heteroatoms. The number of nitrogens with one attached hydrogen (secondary N) is 2. The highest BCUT2D eigenvalue weighted by Gasteiger charge is 2.50. The van der Waals surface area contributed by atoms with Crippen molar-refractivity contribution in [3.05, 3.63) is 52.8 Å². The lowest BCUT2D eigenvalue weighted by molar-refractivity contribution is -0.161. The Labute approximate surface area is 190 Å². The molecular weight excluding hydrogens is 434 g/mol. The summed E-state index contributed by atoms with van der Waals surface area (Å²) in [5, 5.41) is 4.26. The van der Waals surface area contributed by atoms with Crippen LogP contribution in [0.2, 0.25) is 0 Å². The molecule has 0 bridgehead atoms. The van der Waals surface area contributed by atoms with Gasteiger partial charge in [0, 0.05) is 6.54 Å². The van der Waals surface area contributed by atoms with Gasteiger partial charge in [-0.05, 0) is 30.0 Å². The molecular formula is C23H28F2N4O4. The molecule has 1 atom stereocenters. The molecule has 0 saturated heterocycles. The van der Waals surface area contributed by atoms with E-state index in [9.17, 15) is 28.0 Å². The Morgan fingerprint density at radius 3 is 2.30 bits per heavy atom. The summed E-state index contributed by atoms with van der Waals surface area (Å²) in [5.74, 6) is -9.34. The smallest absolute Gasteiger partial charge is 0.383 e. The van der Waals surface area contributed by atoms with E-state index in [0.717, 1.165) is 4.57 Å². The zero-order valence-electron chi connectivity index (χ0n) is 18.7. The van der Waals surface area contributed by atoms with Gasteiger partial charge in [-0.15, -0.1) is 0 Å². The Hall–Kier alpha value is -3.56. The molecule has 33 heavy (non-hydrogen) atoms. The number of nitrogen functional groups attached to an aromatic ring is 1. The third-order valence-corrected chi connectivity index (χ3v) is 4.97. The van der Waals surface area contributed by atoms with Crippen LogP contribution in [-0.4, -0.2) is 40.7 Å². The topological polar surface area (TPSA) is 123 Å². The summed E-state index contributed by atoms with van der Waals surface area (Å²) in [6.07, 6.45) is 0.416. The normalized spacial score (nSPS) is 12.3. The Bertz CT molecular complexity index is 1070. The maximum atomic E-state index is 14.4. The summed E-state index contributed by atoms with van der Waals surface area (Å²) >= 11 is 0. The molecule has 1 heterocycles. The number of amides is 2. The summed E-state index contributed by atoms with van der Waals surface area (Å²) in [6, 6.07) is 10.1. The minimum Gasteiger partial charge on any atom is -0.394 e. The van der Waals surface area contributed by atoms with Crippen molar-refractivity contribution in [3.63, 3.8) is 0 Å². The largest absolute Gasteiger partial charge is 0.394 e. The summed E-state index contributed by atoms with van der Waals surface area (Å²) < 4.78 is 30.0. The average Bonchev–Trinajstić information content (AvgIpc) is 2.78. The predicted octanol–water partition coefficient (Wildman–Crippen LogP) is 1.97. The molecule has 0 aliphatic heterocycles. The lowest BCUT2D eigenvalue weighted by Gasteiger charge is -2.25. The molecule has 178 valence electrons. The van der Waals surface area contributed by atoms with Gasteiger partial charge in [-0.2, -0.15) is 8.78 Å². The molecule has 0 fully saturated rings. The first-order valence-corrected chi connectivity index (χ1v) is 10.5. The maximum Gasteiger partial charge on any atom is 0.383 e. The number of carbonyl (C=O) groups excluding carboxylic acids is 3. The number of rotatable bonds is 10. The summed E-state index contributed by atoms with van der Waals surface area (Å²) in [5.41, 5.74) is 6.00. The van der Waals surface area contributed by atoms with Crippen LogP contribution in [0, 0.1) is 5.92 Å². The molecule has 2 aromatic rings. The Kier molecular flexibility index (Phi) is 8.44. The number of hydrogen-bond donors (Lipinski definition) is 3. The monoisotopic (exact) mass is 462 g/mol. The Morgan fingerprint density at radius 2 is 1.73 bits per heavy atom. The van der Waals surface area contributed by atoms with Crippen LogP contribution in [0.15, 0.2) is 47.3 Å². The third kappa shape index (κ3) is 6.03. The lowest BCUT2D eigenvalue weighted by atomic mass is 9.95. The van der Waals surface area contributed by atoms with Gasteiger partial charge >= 0.3 is 5.92 Å². The fraction of sp³-hybridized carbons (Fsp3) is 0.391. The van der Waals surface area contributed by atoms with E-state index in [1.807, 2.05) is 5.32 Å². The van der Waals surface area contributed by atoms with Crippen molar-refractivity contribution in [2.75, 3.05) is 12.3 Å². The number of anilines is 1. The standard InChI is InChI=1S/C23H28F2N4O4/c1-4-12-27-22(33)23(24,25)20(31)19(14(2)3)28-18(30)13-29-17(11-10-16(26)21(29)32)15-8-6-5-7-9-15/h5-11,14,19H,4,12-13,26H2,1-3H3,(H,27,33)(H,28,30). The number of nitrogens with two attached hydrogens (primary N) is 1. The van der Waals surface area contributed by atoms with Gasteiger partial charge in [-0.1, -0.05) is 51.1 Å². The van der Waals surface area contributed by atoms with Crippen LogP contribution in [-0.2, 0) is 20.9 Å². The predicted molar refractivity (Wildman–Crippen MR) is 121 cm³/mol. The van der Waals surface area contributed by atoms with E-state index < -0.39 is 47.6 Å². The number of carbonyl (C=O) groups is 3. The number of pyridine rings is 1. The van der Waals surface area contributed by atoms with Crippen molar-refractivity contribution >= 4 is 23.3 Å². The van der Waals surface area contributed by atoms with Crippen LogP contribution >= 0.6 is 0 Å². The number of nitrogens with zero attached hydrogens (tertiary/aromatic N) is 1. The number of Topliss-reactive ketones (excluding diaryl/α,β-unsaturated/α-hetero) is 1. The second kappa shape index (κ2) is 10.8. The van der Waals surface area contributed by atoms with Crippen LogP contribution in [0.5, 0.6) is 0 Å². The van der Waals surface area contributed by atoms with E-state index in [4.69, 9.17) is 5.73 Å². The molecule has 0 radical (unpaired) electrons. The van der Waals surface area contributed by atoms with Crippen molar-refractivity contribution < 1.29 is 23.2 Å². The first-order chi connectivity index (χ1) is 15.5. The molecule has 0 spiro atoms. The molecule has 0 aliphatic rings. The molecule has 0 aliphatic carbocycles. The van der Waals surface area contributed by atoms with Crippen LogP contribution in [0.3, 0.4) is 0 Å². The van der Waals surface area contributed by atoms with Crippen LogP contribution in [0.1, 0.15) is 27.2 Å². The quantitative estimate of drug-likeness (QED) is 0.466. The third-order valence-electron chi connectivity index (χ3n) is 4.97. The van der Waals surface area contributed by atoms with E-state index >= 15 is 0 Å². The van der Waals surface area contributed by atoms with E-state index in [1.54, 1.807) is 43.3 Å². The molecule has 1 aromatic heterocycles. The highest BCUT2D eigenvalue weighted by atomic mass is 19.3. The highest BCUT2D eigenvalue weighted by molar-refractivity contribution is 6.10. The zero-order chi connectivity index (χ0) is 24.8. The number of alkyl halides is 2. The van der Waals surface area contributed by atoms with Crippen LogP contribution in [0.4, 0.5) is 14.5 Å². The zero-order valence-corrected chi connectivity index (χ0v) is 18.7. The molecule has 2 rings (SSSR count). The lowest BCUT2D eigenvalue weighted by Crippen LogP contribution is -2.56. The number of halogens is 2. The van der Waals surface area contributed by atoms with Crippen molar-refractivity contribution in [1.82, 2.24) is 15.2 Å². The second-order valence-electron chi connectivity index (χ2n) is 7.91. The van der Waals surface area contributed by atoms with Gasteiger partial charge in [0.05, 0.1) is 17.4 Å². The fourth-order valence-corrected chi connectivity index (χ4v) is 3.17. The van der Waals surface area contributed by atoms with Gasteiger partial charge in [0.1, 0.15) is 6.54 Å². The van der Waals surface area contributed by atoms with Gasteiger partial charge in [0.25, 0.3) is 11.5 Å². The number of hydrogen-bond acceptors (Lipinski definition) is 5. The van der Waals surface area contributed by atoms with Crippen molar-refractivity contribution in [2.45, 2.75) is 45.7 Å². The first kappa shape index (κ1) is 25.7. The Morgan fingerprint density at radius 1 is 1.09 bits per heavy atom. The number of aromatic nitrogens is 1. The SMILES string of the molecule is CCCNC(=O)C(F)(F)C(=O)C(NC(=O)Cn1c(-c2ccccc2)ccc(N)c1=O)C(C)C. The molecule has 0 saturated carbocycles.